The van der Waals surface area contributed by atoms with Gasteiger partial charge in [0.2, 0.25) is 5.95 Å². The Balaban J connectivity index is 2.12. The lowest BCUT2D eigenvalue weighted by Crippen LogP contribution is -2.06. The van der Waals surface area contributed by atoms with E-state index in [2.05, 4.69) is 20.6 Å². The molecule has 1 heterocycles. The minimum atomic E-state index is 0.176. The van der Waals surface area contributed by atoms with Gasteiger partial charge in [0.1, 0.15) is 11.6 Å². The first-order chi connectivity index (χ1) is 10.1. The van der Waals surface area contributed by atoms with Gasteiger partial charge in [0.15, 0.2) is 0 Å². The Morgan fingerprint density at radius 2 is 1.90 bits per heavy atom. The van der Waals surface area contributed by atoms with E-state index in [-0.39, 0.29) is 6.10 Å². The standard InChI is InChI=1S/C16H22N4O/c1-5-17-16-18-10-12(4)15(20-16)19-13-6-8-14(9-7-13)21-11(2)3/h6-11H,5H2,1-4H3,(H2,17,18,19,20). The normalized spacial score (nSPS) is 10.5. The van der Waals surface area contributed by atoms with Crippen LogP contribution in [0.4, 0.5) is 17.5 Å². The van der Waals surface area contributed by atoms with Crippen molar-refractivity contribution in [2.75, 3.05) is 17.2 Å². The van der Waals surface area contributed by atoms with Crippen molar-refractivity contribution in [2.45, 2.75) is 33.8 Å². The van der Waals surface area contributed by atoms with Gasteiger partial charge in [-0.25, -0.2) is 4.98 Å². The molecule has 5 heteroatoms. The molecule has 0 unspecified atom stereocenters. The Hall–Kier alpha value is -2.30. The minimum Gasteiger partial charge on any atom is -0.491 e. The molecular weight excluding hydrogens is 264 g/mol. The summed E-state index contributed by atoms with van der Waals surface area (Å²) in [7, 11) is 0. The van der Waals surface area contributed by atoms with E-state index in [9.17, 15) is 0 Å². The molecule has 0 bridgehead atoms. The number of nitrogens with zero attached hydrogens (tertiary/aromatic N) is 2. The maximum Gasteiger partial charge on any atom is 0.224 e. The summed E-state index contributed by atoms with van der Waals surface area (Å²) < 4.78 is 5.63. The average Bonchev–Trinajstić information content (AvgIpc) is 2.44. The molecule has 0 amide bonds. The van der Waals surface area contributed by atoms with Gasteiger partial charge in [-0.2, -0.15) is 4.98 Å². The Bertz CT molecular complexity index is 581. The van der Waals surface area contributed by atoms with Crippen molar-refractivity contribution in [2.24, 2.45) is 0 Å². The summed E-state index contributed by atoms with van der Waals surface area (Å²) in [6, 6.07) is 7.85. The number of ether oxygens (including phenoxy) is 1. The molecule has 0 saturated carbocycles. The van der Waals surface area contributed by atoms with Gasteiger partial charge in [0, 0.05) is 24.0 Å². The molecule has 2 N–H and O–H groups in total. The smallest absolute Gasteiger partial charge is 0.224 e. The second-order valence-electron chi connectivity index (χ2n) is 5.07. The predicted molar refractivity (Wildman–Crippen MR) is 86.4 cm³/mol. The molecule has 0 aliphatic carbocycles. The SMILES string of the molecule is CCNc1ncc(C)c(Nc2ccc(OC(C)C)cc2)n1. The van der Waals surface area contributed by atoms with Crippen molar-refractivity contribution >= 4 is 17.5 Å². The van der Waals surface area contributed by atoms with Crippen molar-refractivity contribution in [1.29, 1.82) is 0 Å². The van der Waals surface area contributed by atoms with Gasteiger partial charge in [-0.1, -0.05) is 0 Å². The largest absolute Gasteiger partial charge is 0.491 e. The van der Waals surface area contributed by atoms with Crippen LogP contribution in [0, 0.1) is 6.92 Å². The number of hydrogen-bond acceptors (Lipinski definition) is 5. The van der Waals surface area contributed by atoms with Crippen LogP contribution in [0.5, 0.6) is 5.75 Å². The van der Waals surface area contributed by atoms with Crippen LogP contribution in [0.1, 0.15) is 26.3 Å². The number of benzene rings is 1. The lowest BCUT2D eigenvalue weighted by Gasteiger charge is -2.12. The first kappa shape index (κ1) is 15.1. The highest BCUT2D eigenvalue weighted by Gasteiger charge is 2.04. The third kappa shape index (κ3) is 4.34. The minimum absolute atomic E-state index is 0.176. The first-order valence-corrected chi connectivity index (χ1v) is 7.19. The lowest BCUT2D eigenvalue weighted by molar-refractivity contribution is 0.242. The summed E-state index contributed by atoms with van der Waals surface area (Å²) >= 11 is 0. The van der Waals surface area contributed by atoms with Gasteiger partial charge in [0.25, 0.3) is 0 Å². The van der Waals surface area contributed by atoms with Crippen LogP contribution in [-0.2, 0) is 0 Å². The number of aromatic nitrogens is 2. The summed E-state index contributed by atoms with van der Waals surface area (Å²) in [6.07, 6.45) is 1.99. The van der Waals surface area contributed by atoms with Crippen LogP contribution in [0.2, 0.25) is 0 Å². The Morgan fingerprint density at radius 1 is 1.19 bits per heavy atom. The van der Waals surface area contributed by atoms with Crippen molar-refractivity contribution in [3.63, 3.8) is 0 Å². The zero-order valence-electron chi connectivity index (χ0n) is 13.0. The molecular formula is C16H22N4O. The Morgan fingerprint density at radius 3 is 2.52 bits per heavy atom. The summed E-state index contributed by atoms with van der Waals surface area (Å²) in [4.78, 5) is 8.70. The van der Waals surface area contributed by atoms with Crippen LogP contribution < -0.4 is 15.4 Å². The quantitative estimate of drug-likeness (QED) is 0.847. The highest BCUT2D eigenvalue weighted by molar-refractivity contribution is 5.60. The van der Waals surface area contributed by atoms with Gasteiger partial charge < -0.3 is 15.4 Å². The zero-order chi connectivity index (χ0) is 15.2. The van der Waals surface area contributed by atoms with Crippen molar-refractivity contribution in [3.05, 3.63) is 36.0 Å². The molecule has 2 aromatic rings. The highest BCUT2D eigenvalue weighted by atomic mass is 16.5. The maximum atomic E-state index is 5.63. The van der Waals surface area contributed by atoms with Crippen LogP contribution in [0.25, 0.3) is 0 Å². The molecule has 1 aromatic carbocycles. The summed E-state index contributed by atoms with van der Waals surface area (Å²) in [5.74, 6) is 2.30. The molecule has 0 aliphatic heterocycles. The van der Waals surface area contributed by atoms with Crippen molar-refractivity contribution in [1.82, 2.24) is 9.97 Å². The number of anilines is 3. The molecule has 0 saturated heterocycles. The van der Waals surface area contributed by atoms with E-state index in [0.29, 0.717) is 5.95 Å². The van der Waals surface area contributed by atoms with Gasteiger partial charge in [0.05, 0.1) is 6.10 Å². The fourth-order valence-corrected chi connectivity index (χ4v) is 1.84. The lowest BCUT2D eigenvalue weighted by atomic mass is 10.2. The Kier molecular flexibility index (Phi) is 4.98. The third-order valence-corrected chi connectivity index (χ3v) is 2.80. The number of nitrogens with one attached hydrogen (secondary N) is 2. The summed E-state index contributed by atoms with van der Waals surface area (Å²) in [5, 5.41) is 6.41. The van der Waals surface area contributed by atoms with E-state index < -0.39 is 0 Å². The van der Waals surface area contributed by atoms with E-state index in [0.717, 1.165) is 29.4 Å². The van der Waals surface area contributed by atoms with Crippen molar-refractivity contribution < 1.29 is 4.74 Å². The Labute approximate surface area is 125 Å². The molecule has 21 heavy (non-hydrogen) atoms. The van der Waals surface area contributed by atoms with Crippen LogP contribution in [-0.4, -0.2) is 22.6 Å². The van der Waals surface area contributed by atoms with Gasteiger partial charge >= 0.3 is 0 Å². The number of aryl methyl sites for hydroxylation is 1. The van der Waals surface area contributed by atoms with Gasteiger partial charge in [-0.15, -0.1) is 0 Å². The molecule has 0 spiro atoms. The third-order valence-electron chi connectivity index (χ3n) is 2.80. The van der Waals surface area contributed by atoms with Gasteiger partial charge in [-0.05, 0) is 52.0 Å². The van der Waals surface area contributed by atoms with E-state index >= 15 is 0 Å². The monoisotopic (exact) mass is 286 g/mol. The molecule has 2 rings (SSSR count). The van der Waals surface area contributed by atoms with E-state index in [1.165, 1.54) is 0 Å². The fourth-order valence-electron chi connectivity index (χ4n) is 1.84. The topological polar surface area (TPSA) is 59.1 Å². The second-order valence-corrected chi connectivity index (χ2v) is 5.07. The average molecular weight is 286 g/mol. The predicted octanol–water partition coefficient (Wildman–Crippen LogP) is 3.75. The fraction of sp³-hybridized carbons (Fsp3) is 0.375. The molecule has 0 aliphatic rings. The zero-order valence-corrected chi connectivity index (χ0v) is 13.0. The van der Waals surface area contributed by atoms with E-state index in [4.69, 9.17) is 4.74 Å². The molecule has 1 aromatic heterocycles. The second kappa shape index (κ2) is 6.92. The van der Waals surface area contributed by atoms with Crippen LogP contribution in [0.3, 0.4) is 0 Å². The first-order valence-electron chi connectivity index (χ1n) is 7.19. The maximum absolute atomic E-state index is 5.63. The summed E-state index contributed by atoms with van der Waals surface area (Å²) in [5.41, 5.74) is 1.97. The number of hydrogen-bond donors (Lipinski definition) is 2. The number of rotatable bonds is 6. The molecule has 0 atom stereocenters. The molecule has 0 radical (unpaired) electrons. The van der Waals surface area contributed by atoms with Crippen LogP contribution in [0.15, 0.2) is 30.5 Å². The van der Waals surface area contributed by atoms with Crippen molar-refractivity contribution in [3.8, 4) is 5.75 Å². The van der Waals surface area contributed by atoms with Gasteiger partial charge in [-0.3, -0.25) is 0 Å². The molecule has 0 fully saturated rings. The highest BCUT2D eigenvalue weighted by Crippen LogP contribution is 2.22. The molecule has 112 valence electrons. The van der Waals surface area contributed by atoms with E-state index in [1.54, 1.807) is 0 Å². The van der Waals surface area contributed by atoms with Crippen LogP contribution >= 0.6 is 0 Å². The van der Waals surface area contributed by atoms with E-state index in [1.807, 2.05) is 58.2 Å². The molecule has 5 nitrogen and oxygen atoms in total. The summed E-state index contributed by atoms with van der Waals surface area (Å²) in [6.45, 7) is 8.82.